The molecule has 0 bridgehead atoms. The first-order valence-corrected chi connectivity index (χ1v) is 6.76. The Hall–Kier alpha value is -1.75. The van der Waals surface area contributed by atoms with E-state index in [1.54, 1.807) is 23.1 Å². The lowest BCUT2D eigenvalue weighted by Crippen LogP contribution is -2.42. The molecule has 0 saturated carbocycles. The van der Waals surface area contributed by atoms with Crippen molar-refractivity contribution in [1.29, 1.82) is 0 Å². The van der Waals surface area contributed by atoms with Gasteiger partial charge in [-0.15, -0.1) is 0 Å². The molecule has 0 aromatic heterocycles. The summed E-state index contributed by atoms with van der Waals surface area (Å²) in [5.74, 6) is -1.16. The fourth-order valence-electron chi connectivity index (χ4n) is 2.38. The zero-order valence-electron chi connectivity index (χ0n) is 11.1. The van der Waals surface area contributed by atoms with Crippen molar-refractivity contribution >= 4 is 23.5 Å². The number of amides is 1. The van der Waals surface area contributed by atoms with E-state index in [0.717, 1.165) is 0 Å². The molecule has 0 radical (unpaired) electrons. The van der Waals surface area contributed by atoms with Crippen LogP contribution < -0.4 is 4.74 Å². The highest BCUT2D eigenvalue weighted by Gasteiger charge is 2.29. The number of hydrogen-bond acceptors (Lipinski definition) is 3. The molecule has 1 fully saturated rings. The van der Waals surface area contributed by atoms with Gasteiger partial charge in [0, 0.05) is 18.1 Å². The van der Waals surface area contributed by atoms with Crippen molar-refractivity contribution in [3.05, 3.63) is 28.8 Å². The second kappa shape index (κ2) is 6.13. The zero-order chi connectivity index (χ0) is 14.7. The number of rotatable bonds is 3. The zero-order valence-corrected chi connectivity index (χ0v) is 11.9. The number of likely N-dealkylation sites (tertiary alicyclic amines) is 1. The first kappa shape index (κ1) is 14.7. The normalized spacial score (nSPS) is 18.7. The number of nitrogens with zero attached hydrogens (tertiary/aromatic N) is 1. The van der Waals surface area contributed by atoms with Crippen LogP contribution in [0.4, 0.5) is 0 Å². The molecule has 1 heterocycles. The van der Waals surface area contributed by atoms with E-state index in [4.69, 9.17) is 21.4 Å². The van der Waals surface area contributed by atoms with E-state index < -0.39 is 11.9 Å². The second-order valence-corrected chi connectivity index (χ2v) is 5.21. The van der Waals surface area contributed by atoms with E-state index >= 15 is 0 Å². The smallest absolute Gasteiger partial charge is 0.308 e. The van der Waals surface area contributed by atoms with Crippen LogP contribution in [0.1, 0.15) is 23.2 Å². The third-order valence-electron chi connectivity index (χ3n) is 3.45. The lowest BCUT2D eigenvalue weighted by atomic mass is 9.97. The maximum absolute atomic E-state index is 12.5. The number of carbonyl (C=O) groups excluding carboxylic acids is 1. The molecular weight excluding hydrogens is 282 g/mol. The van der Waals surface area contributed by atoms with Gasteiger partial charge in [-0.05, 0) is 31.0 Å². The Morgan fingerprint density at radius 1 is 1.45 bits per heavy atom. The lowest BCUT2D eigenvalue weighted by molar-refractivity contribution is -0.143. The van der Waals surface area contributed by atoms with Gasteiger partial charge in [0.25, 0.3) is 5.91 Å². The predicted molar refractivity (Wildman–Crippen MR) is 74.3 cm³/mol. The summed E-state index contributed by atoms with van der Waals surface area (Å²) in [6, 6.07) is 4.83. The average Bonchev–Trinajstić information content (AvgIpc) is 2.46. The number of piperidine rings is 1. The molecule has 1 aromatic rings. The highest BCUT2D eigenvalue weighted by molar-refractivity contribution is 6.31. The Bertz CT molecular complexity index is 532. The molecule has 1 atom stereocenters. The fraction of sp³-hybridized carbons (Fsp3) is 0.429. The summed E-state index contributed by atoms with van der Waals surface area (Å²) in [6.07, 6.45) is 1.29. The fourth-order valence-corrected chi connectivity index (χ4v) is 2.55. The van der Waals surface area contributed by atoms with Gasteiger partial charge in [-0.3, -0.25) is 9.59 Å². The molecule has 1 unspecified atom stereocenters. The summed E-state index contributed by atoms with van der Waals surface area (Å²) >= 11 is 5.92. The van der Waals surface area contributed by atoms with Crippen LogP contribution in [0, 0.1) is 5.92 Å². The standard InChI is InChI=1S/C14H16ClNO4/c1-20-12-5-4-10(15)7-11(12)13(17)16-6-2-3-9(8-16)14(18)19/h4-5,7,9H,2-3,6,8H2,1H3,(H,18,19). The van der Waals surface area contributed by atoms with Crippen molar-refractivity contribution in [3.8, 4) is 5.75 Å². The molecule has 1 amide bonds. The van der Waals surface area contributed by atoms with Gasteiger partial charge in [0.15, 0.2) is 0 Å². The monoisotopic (exact) mass is 297 g/mol. The van der Waals surface area contributed by atoms with Gasteiger partial charge in [-0.25, -0.2) is 0 Å². The third kappa shape index (κ3) is 3.04. The Morgan fingerprint density at radius 3 is 2.85 bits per heavy atom. The van der Waals surface area contributed by atoms with E-state index in [0.29, 0.717) is 35.7 Å². The molecule has 1 N–H and O–H groups in total. The van der Waals surface area contributed by atoms with Crippen LogP contribution in [0.5, 0.6) is 5.75 Å². The molecule has 0 spiro atoms. The van der Waals surface area contributed by atoms with E-state index in [9.17, 15) is 9.59 Å². The van der Waals surface area contributed by atoms with Crippen LogP contribution in [0.2, 0.25) is 5.02 Å². The molecule has 0 aliphatic carbocycles. The minimum absolute atomic E-state index is 0.226. The van der Waals surface area contributed by atoms with Gasteiger partial charge in [0.05, 0.1) is 18.6 Å². The summed E-state index contributed by atoms with van der Waals surface area (Å²) in [5.41, 5.74) is 0.367. The topological polar surface area (TPSA) is 66.8 Å². The van der Waals surface area contributed by atoms with Crippen molar-refractivity contribution in [2.24, 2.45) is 5.92 Å². The van der Waals surface area contributed by atoms with Crippen molar-refractivity contribution < 1.29 is 19.4 Å². The predicted octanol–water partition coefficient (Wildman–Crippen LogP) is 2.29. The highest BCUT2D eigenvalue weighted by Crippen LogP contribution is 2.26. The van der Waals surface area contributed by atoms with Gasteiger partial charge in [0.2, 0.25) is 0 Å². The highest BCUT2D eigenvalue weighted by atomic mass is 35.5. The van der Waals surface area contributed by atoms with Crippen molar-refractivity contribution in [3.63, 3.8) is 0 Å². The number of carboxylic acids is 1. The van der Waals surface area contributed by atoms with Gasteiger partial charge >= 0.3 is 5.97 Å². The van der Waals surface area contributed by atoms with Crippen molar-refractivity contribution in [1.82, 2.24) is 4.90 Å². The molecule has 1 saturated heterocycles. The van der Waals surface area contributed by atoms with Crippen LogP contribution >= 0.6 is 11.6 Å². The van der Waals surface area contributed by atoms with Crippen LogP contribution in [0.3, 0.4) is 0 Å². The van der Waals surface area contributed by atoms with E-state index in [2.05, 4.69) is 0 Å². The van der Waals surface area contributed by atoms with Crippen molar-refractivity contribution in [2.45, 2.75) is 12.8 Å². The molecule has 6 heteroatoms. The molecular formula is C14H16ClNO4. The van der Waals surface area contributed by atoms with Crippen LogP contribution in [0.15, 0.2) is 18.2 Å². The number of carbonyl (C=O) groups is 2. The number of carboxylic acid groups (broad SMARTS) is 1. The number of benzene rings is 1. The number of methoxy groups -OCH3 is 1. The number of hydrogen-bond donors (Lipinski definition) is 1. The lowest BCUT2D eigenvalue weighted by Gasteiger charge is -2.31. The molecule has 2 rings (SSSR count). The van der Waals surface area contributed by atoms with Gasteiger partial charge < -0.3 is 14.7 Å². The summed E-state index contributed by atoms with van der Waals surface area (Å²) in [6.45, 7) is 0.780. The maximum Gasteiger partial charge on any atom is 0.308 e. The van der Waals surface area contributed by atoms with Crippen LogP contribution in [-0.4, -0.2) is 42.1 Å². The minimum Gasteiger partial charge on any atom is -0.496 e. The SMILES string of the molecule is COc1ccc(Cl)cc1C(=O)N1CCCC(C(=O)O)C1. The number of ether oxygens (including phenoxy) is 1. The number of aliphatic carboxylic acids is 1. The molecule has 20 heavy (non-hydrogen) atoms. The van der Waals surface area contributed by atoms with Crippen molar-refractivity contribution in [2.75, 3.05) is 20.2 Å². The maximum atomic E-state index is 12.5. The first-order valence-electron chi connectivity index (χ1n) is 6.38. The summed E-state index contributed by atoms with van der Waals surface area (Å²) < 4.78 is 5.16. The van der Waals surface area contributed by atoms with Gasteiger partial charge in [-0.2, -0.15) is 0 Å². The molecule has 5 nitrogen and oxygen atoms in total. The summed E-state index contributed by atoms with van der Waals surface area (Å²) in [5, 5.41) is 9.51. The number of halogens is 1. The largest absolute Gasteiger partial charge is 0.496 e. The Labute approximate surface area is 122 Å². The first-order chi connectivity index (χ1) is 9.52. The average molecular weight is 298 g/mol. The van der Waals surface area contributed by atoms with Gasteiger partial charge in [0.1, 0.15) is 5.75 Å². The Balaban J connectivity index is 2.22. The van der Waals surface area contributed by atoms with Crippen LogP contribution in [0.25, 0.3) is 0 Å². The van der Waals surface area contributed by atoms with E-state index in [-0.39, 0.29) is 12.5 Å². The molecule has 1 aromatic carbocycles. The molecule has 108 valence electrons. The minimum atomic E-state index is -0.861. The Kier molecular flexibility index (Phi) is 4.49. The second-order valence-electron chi connectivity index (χ2n) is 4.77. The summed E-state index contributed by atoms with van der Waals surface area (Å²) in [4.78, 5) is 25.1. The third-order valence-corrected chi connectivity index (χ3v) is 3.68. The molecule has 1 aliphatic rings. The van der Waals surface area contributed by atoms with E-state index in [1.165, 1.54) is 7.11 Å². The van der Waals surface area contributed by atoms with Crippen LogP contribution in [-0.2, 0) is 4.79 Å². The summed E-state index contributed by atoms with van der Waals surface area (Å²) in [7, 11) is 1.48. The van der Waals surface area contributed by atoms with Gasteiger partial charge in [-0.1, -0.05) is 11.6 Å². The molecule has 1 aliphatic heterocycles. The Morgan fingerprint density at radius 2 is 2.20 bits per heavy atom. The van der Waals surface area contributed by atoms with E-state index in [1.807, 2.05) is 0 Å². The quantitative estimate of drug-likeness (QED) is 0.929.